The second-order valence-corrected chi connectivity index (χ2v) is 11.8. The summed E-state index contributed by atoms with van der Waals surface area (Å²) >= 11 is 7.05. The third-order valence-electron chi connectivity index (χ3n) is 9.25. The Morgan fingerprint density at radius 1 is 1.22 bits per heavy atom. The highest BCUT2D eigenvalue weighted by molar-refractivity contribution is 6.21. The molecule has 1 saturated heterocycles. The topological polar surface area (TPSA) is 65.5 Å². The number of ether oxygens (including phenoxy) is 1. The predicted octanol–water partition coefficient (Wildman–Crippen LogP) is 4.55. The van der Waals surface area contributed by atoms with Crippen LogP contribution in [0, 0.1) is 11.7 Å². The number of alkyl halides is 1. The van der Waals surface area contributed by atoms with E-state index in [9.17, 15) is 9.59 Å². The molecule has 3 amide bonds. The fourth-order valence-corrected chi connectivity index (χ4v) is 7.83. The number of carbonyl (C=O) groups excluding carboxylic acids is 2. The van der Waals surface area contributed by atoms with Gasteiger partial charge in [-0.1, -0.05) is 19.1 Å². The number of hydrogen-bond donors (Lipinski definition) is 0. The Morgan fingerprint density at radius 3 is 2.76 bits per heavy atom. The first-order valence-electron chi connectivity index (χ1n) is 13.5. The molecular weight excluding hydrogens is 495 g/mol. The van der Waals surface area contributed by atoms with Gasteiger partial charge in [0.05, 0.1) is 6.04 Å². The summed E-state index contributed by atoms with van der Waals surface area (Å²) in [5, 5.41) is -0.322. The highest BCUT2D eigenvalue weighted by Gasteiger charge is 2.55. The Kier molecular flexibility index (Phi) is 6.21. The second-order valence-electron chi connectivity index (χ2n) is 11.3. The van der Waals surface area contributed by atoms with E-state index in [1.54, 1.807) is 11.0 Å². The van der Waals surface area contributed by atoms with E-state index in [4.69, 9.17) is 21.3 Å². The van der Waals surface area contributed by atoms with Gasteiger partial charge >= 0.3 is 6.03 Å². The average Bonchev–Trinajstić information content (AvgIpc) is 2.93. The van der Waals surface area contributed by atoms with Crippen molar-refractivity contribution in [1.82, 2.24) is 14.7 Å². The number of piperazine rings is 1. The van der Waals surface area contributed by atoms with Crippen molar-refractivity contribution in [2.24, 2.45) is 10.9 Å². The zero-order chi connectivity index (χ0) is 25.9. The Bertz CT molecular complexity index is 1150. The molecule has 37 heavy (non-hydrogen) atoms. The van der Waals surface area contributed by atoms with Crippen molar-refractivity contribution in [3.05, 3.63) is 42.2 Å². The largest absolute Gasteiger partial charge is 0.485 e. The molecule has 0 radical (unpaired) electrons. The molecule has 6 atom stereocenters. The third-order valence-corrected chi connectivity index (χ3v) is 9.74. The molecule has 0 N–H and O–H groups in total. The number of amides is 3. The maximum Gasteiger partial charge on any atom is 0.345 e. The van der Waals surface area contributed by atoms with Gasteiger partial charge in [0.25, 0.3) is 0 Å². The number of urea groups is 1. The minimum atomic E-state index is -0.635. The fourth-order valence-electron chi connectivity index (χ4n) is 7.41. The lowest BCUT2D eigenvalue weighted by Crippen LogP contribution is -2.66. The lowest BCUT2D eigenvalue weighted by atomic mass is 9.71. The zero-order valence-corrected chi connectivity index (χ0v) is 22.0. The molecule has 2 saturated carbocycles. The van der Waals surface area contributed by atoms with Gasteiger partial charge < -0.3 is 19.4 Å². The quantitative estimate of drug-likeness (QED) is 0.396. The van der Waals surface area contributed by atoms with Crippen LogP contribution in [0.1, 0.15) is 56.9 Å². The summed E-state index contributed by atoms with van der Waals surface area (Å²) in [6, 6.07) is 4.51. The number of amidine groups is 1. The summed E-state index contributed by atoms with van der Waals surface area (Å²) in [5.74, 6) is 0.641. The zero-order valence-electron chi connectivity index (χ0n) is 21.2. The highest BCUT2D eigenvalue weighted by Crippen LogP contribution is 2.51. The number of carbonyl (C=O) groups is 2. The first-order chi connectivity index (χ1) is 17.8. The average molecular weight is 529 g/mol. The number of hydrogen-bond acceptors (Lipinski definition) is 4. The number of rotatable bonds is 1. The van der Waals surface area contributed by atoms with Gasteiger partial charge in [0.1, 0.15) is 23.0 Å². The van der Waals surface area contributed by atoms with Gasteiger partial charge in [-0.3, -0.25) is 4.79 Å². The summed E-state index contributed by atoms with van der Waals surface area (Å²) < 4.78 is 22.1. The molecule has 3 aliphatic heterocycles. The van der Waals surface area contributed by atoms with E-state index in [1.165, 1.54) is 12.1 Å². The SMILES string of the molecule is C=CC(=O)N1CCN(C2=NC(=O)N3C4CC(c5c(F)cccc5OC5(C)CCCC[C@@H]35)C(Cl)CC24)CC1. The van der Waals surface area contributed by atoms with Crippen LogP contribution in [0.15, 0.2) is 35.8 Å². The minimum absolute atomic E-state index is 0.0439. The van der Waals surface area contributed by atoms with Gasteiger partial charge in [0, 0.05) is 55.0 Å². The highest BCUT2D eigenvalue weighted by atomic mass is 35.5. The number of fused-ring (bicyclic) bond motifs is 5. The van der Waals surface area contributed by atoms with Crippen molar-refractivity contribution in [1.29, 1.82) is 0 Å². The molecule has 2 aliphatic carbocycles. The molecule has 5 aliphatic rings. The number of aliphatic imine (C=N–C) groups is 1. The maximum atomic E-state index is 15.4. The van der Waals surface area contributed by atoms with E-state index in [-0.39, 0.29) is 47.1 Å². The number of halogens is 2. The predicted molar refractivity (Wildman–Crippen MR) is 140 cm³/mol. The summed E-state index contributed by atoms with van der Waals surface area (Å²) in [6.07, 6.45) is 6.14. The maximum absolute atomic E-state index is 15.4. The Balaban J connectivity index is 1.41. The van der Waals surface area contributed by atoms with Gasteiger partial charge in [-0.25, -0.2) is 9.18 Å². The van der Waals surface area contributed by atoms with Crippen molar-refractivity contribution in [2.75, 3.05) is 26.2 Å². The van der Waals surface area contributed by atoms with Crippen LogP contribution in [0.4, 0.5) is 9.18 Å². The van der Waals surface area contributed by atoms with Crippen molar-refractivity contribution >= 4 is 29.4 Å². The molecule has 6 rings (SSSR count). The van der Waals surface area contributed by atoms with Crippen LogP contribution in [0.3, 0.4) is 0 Å². The van der Waals surface area contributed by atoms with E-state index < -0.39 is 5.60 Å². The van der Waals surface area contributed by atoms with Gasteiger partial charge in [0.15, 0.2) is 0 Å². The van der Waals surface area contributed by atoms with Gasteiger partial charge in [-0.05, 0) is 57.2 Å². The van der Waals surface area contributed by atoms with Crippen LogP contribution >= 0.6 is 11.6 Å². The second kappa shape index (κ2) is 9.29. The van der Waals surface area contributed by atoms with Crippen molar-refractivity contribution in [3.8, 4) is 5.75 Å². The fraction of sp³-hybridized carbons (Fsp3) is 0.607. The molecule has 198 valence electrons. The molecule has 0 spiro atoms. The first kappa shape index (κ1) is 24.7. The first-order valence-corrected chi connectivity index (χ1v) is 13.9. The van der Waals surface area contributed by atoms with E-state index in [1.807, 2.05) is 11.0 Å². The summed E-state index contributed by atoms with van der Waals surface area (Å²) in [4.78, 5) is 36.5. The summed E-state index contributed by atoms with van der Waals surface area (Å²) in [7, 11) is 0. The van der Waals surface area contributed by atoms with Gasteiger partial charge in [0.2, 0.25) is 5.91 Å². The standard InChI is InChI=1S/C28H34ClFN4O3/c1-3-24(35)32-11-13-33(14-12-32)26-18-15-19(29)17-16-21(18)34(27(36)31-26)23-9-4-5-10-28(23,2)37-22-8-6-7-20(30)25(17)22/h3,6-8,17-19,21,23H,1,4-5,9-16H2,2H3/t17?,18?,19?,21?,23-,28?/m1/s1. The smallest absolute Gasteiger partial charge is 0.345 e. The van der Waals surface area contributed by atoms with Crippen molar-refractivity contribution in [2.45, 2.75) is 74.4 Å². The Labute approximate surface area is 222 Å². The molecular formula is C28H34ClFN4O3. The summed E-state index contributed by atoms with van der Waals surface area (Å²) in [6.45, 7) is 7.98. The molecule has 9 heteroatoms. The third kappa shape index (κ3) is 4.03. The molecule has 1 aromatic carbocycles. The van der Waals surface area contributed by atoms with E-state index in [0.29, 0.717) is 50.3 Å². The molecule has 3 heterocycles. The lowest BCUT2D eigenvalue weighted by Gasteiger charge is -2.54. The molecule has 2 bridgehead atoms. The molecule has 1 aromatic rings. The van der Waals surface area contributed by atoms with Crippen molar-refractivity contribution in [3.63, 3.8) is 0 Å². The van der Waals surface area contributed by atoms with E-state index in [2.05, 4.69) is 18.4 Å². The summed E-state index contributed by atoms with van der Waals surface area (Å²) in [5.41, 5.74) is -0.0920. The number of benzene rings is 1. The Morgan fingerprint density at radius 2 is 2.00 bits per heavy atom. The minimum Gasteiger partial charge on any atom is -0.485 e. The Hall–Kier alpha value is -2.61. The molecule has 7 nitrogen and oxygen atoms in total. The van der Waals surface area contributed by atoms with Crippen LogP contribution in [0.25, 0.3) is 0 Å². The normalized spacial score (nSPS) is 35.2. The molecule has 3 fully saturated rings. The van der Waals surface area contributed by atoms with Crippen LogP contribution in [0.5, 0.6) is 5.75 Å². The molecule has 5 unspecified atom stereocenters. The van der Waals surface area contributed by atoms with Gasteiger partial charge in [-0.2, -0.15) is 4.99 Å². The lowest BCUT2D eigenvalue weighted by molar-refractivity contribution is -0.127. The van der Waals surface area contributed by atoms with Crippen molar-refractivity contribution < 1.29 is 18.7 Å². The number of nitrogens with zero attached hydrogens (tertiary/aromatic N) is 4. The van der Waals surface area contributed by atoms with Crippen LogP contribution in [-0.2, 0) is 4.79 Å². The van der Waals surface area contributed by atoms with E-state index >= 15 is 4.39 Å². The van der Waals surface area contributed by atoms with Crippen LogP contribution in [-0.4, -0.2) is 81.7 Å². The molecule has 0 aromatic heterocycles. The van der Waals surface area contributed by atoms with Crippen LogP contribution < -0.4 is 4.74 Å². The van der Waals surface area contributed by atoms with Crippen LogP contribution in [0.2, 0.25) is 0 Å². The van der Waals surface area contributed by atoms with Gasteiger partial charge in [-0.15, -0.1) is 11.6 Å². The van der Waals surface area contributed by atoms with E-state index in [0.717, 1.165) is 31.5 Å². The monoisotopic (exact) mass is 528 g/mol.